The van der Waals surface area contributed by atoms with E-state index in [0.29, 0.717) is 5.02 Å². The molecule has 3 nitrogen and oxygen atoms in total. The van der Waals surface area contributed by atoms with Crippen LogP contribution in [-0.2, 0) is 10.2 Å². The number of halogens is 1. The van der Waals surface area contributed by atoms with Gasteiger partial charge < -0.3 is 10.4 Å². The smallest absolute Gasteiger partial charge is 0.230 e. The number of hydrogen-bond donors (Lipinski definition) is 2. The lowest BCUT2D eigenvalue weighted by Crippen LogP contribution is -2.44. The van der Waals surface area contributed by atoms with E-state index in [9.17, 15) is 4.79 Å². The Kier molecular flexibility index (Phi) is 4.51. The van der Waals surface area contributed by atoms with Crippen LogP contribution in [0.3, 0.4) is 0 Å². The third-order valence-electron chi connectivity index (χ3n) is 3.84. The van der Waals surface area contributed by atoms with E-state index in [0.717, 1.165) is 12.0 Å². The Hall–Kier alpha value is -1.32. The molecule has 0 bridgehead atoms. The summed E-state index contributed by atoms with van der Waals surface area (Å²) < 4.78 is 0. The Balaban J connectivity index is 2.06. The number of rotatable bonds is 4. The zero-order chi connectivity index (χ0) is 14.8. The van der Waals surface area contributed by atoms with Crippen molar-refractivity contribution in [2.75, 3.05) is 6.61 Å². The first kappa shape index (κ1) is 15.1. The first-order valence-corrected chi connectivity index (χ1v) is 7.17. The van der Waals surface area contributed by atoms with E-state index in [1.807, 2.05) is 44.2 Å². The molecule has 0 heterocycles. The summed E-state index contributed by atoms with van der Waals surface area (Å²) in [6, 6.07) is 7.38. The molecular formula is C16H20ClNO2. The molecule has 0 aliphatic heterocycles. The average molecular weight is 294 g/mol. The van der Waals surface area contributed by atoms with E-state index in [1.54, 1.807) is 6.07 Å². The van der Waals surface area contributed by atoms with Crippen molar-refractivity contribution in [2.24, 2.45) is 5.92 Å². The fraction of sp³-hybridized carbons (Fsp3) is 0.438. The number of carbonyl (C=O) groups is 1. The molecule has 2 N–H and O–H groups in total. The van der Waals surface area contributed by atoms with Gasteiger partial charge in [-0.1, -0.05) is 35.9 Å². The van der Waals surface area contributed by atoms with Crippen LogP contribution in [0.4, 0.5) is 0 Å². The molecule has 0 aromatic heterocycles. The van der Waals surface area contributed by atoms with E-state index in [4.69, 9.17) is 16.7 Å². The Bertz CT molecular complexity index is 525. The third-order valence-corrected chi connectivity index (χ3v) is 4.07. The predicted molar refractivity (Wildman–Crippen MR) is 80.7 cm³/mol. The minimum Gasteiger partial charge on any atom is -0.396 e. The number of aliphatic hydroxyl groups is 1. The second kappa shape index (κ2) is 5.98. The van der Waals surface area contributed by atoms with Gasteiger partial charge >= 0.3 is 0 Å². The largest absolute Gasteiger partial charge is 0.396 e. The molecule has 0 saturated carbocycles. The number of aliphatic hydroxyl groups excluding tert-OH is 1. The van der Waals surface area contributed by atoms with E-state index in [1.165, 1.54) is 0 Å². The highest BCUT2D eigenvalue weighted by Gasteiger charge is 2.32. The Labute approximate surface area is 124 Å². The van der Waals surface area contributed by atoms with Crippen LogP contribution >= 0.6 is 11.6 Å². The molecule has 1 aromatic carbocycles. The highest BCUT2D eigenvalue weighted by atomic mass is 35.5. The van der Waals surface area contributed by atoms with Crippen LogP contribution in [0.2, 0.25) is 5.02 Å². The van der Waals surface area contributed by atoms with E-state index in [2.05, 4.69) is 5.32 Å². The fourth-order valence-electron chi connectivity index (χ4n) is 2.37. The molecular weight excluding hydrogens is 274 g/mol. The second-order valence-corrected chi connectivity index (χ2v) is 6.21. The average Bonchev–Trinajstić information content (AvgIpc) is 2.86. The SMILES string of the molecule is CC(C)(C(=O)N[C@@H]1C=C[C@H](CO)C1)c1cccc(Cl)c1. The minimum atomic E-state index is -0.643. The van der Waals surface area contributed by atoms with Crippen LogP contribution in [0.25, 0.3) is 0 Å². The summed E-state index contributed by atoms with van der Waals surface area (Å²) in [5.41, 5.74) is 0.249. The van der Waals surface area contributed by atoms with Crippen molar-refractivity contribution < 1.29 is 9.90 Å². The van der Waals surface area contributed by atoms with Crippen molar-refractivity contribution in [3.63, 3.8) is 0 Å². The standard InChI is InChI=1S/C16H20ClNO2/c1-16(2,12-4-3-5-13(17)9-12)15(20)18-14-7-6-11(8-14)10-19/h3-7,9,11,14,19H,8,10H2,1-2H3,(H,18,20)/t11-,14+/m0/s1. The predicted octanol–water partition coefficient (Wildman–Crippen LogP) is 2.67. The maximum Gasteiger partial charge on any atom is 0.230 e. The topological polar surface area (TPSA) is 49.3 Å². The lowest BCUT2D eigenvalue weighted by molar-refractivity contribution is -0.126. The van der Waals surface area contributed by atoms with Gasteiger partial charge in [-0.05, 0) is 38.0 Å². The van der Waals surface area contributed by atoms with Crippen LogP contribution < -0.4 is 5.32 Å². The Morgan fingerprint density at radius 3 is 2.80 bits per heavy atom. The normalized spacial score (nSPS) is 22.0. The molecule has 2 atom stereocenters. The molecule has 1 amide bonds. The number of nitrogens with one attached hydrogen (secondary N) is 1. The van der Waals surface area contributed by atoms with Crippen LogP contribution in [0.15, 0.2) is 36.4 Å². The monoisotopic (exact) mass is 293 g/mol. The van der Waals surface area contributed by atoms with Crippen LogP contribution in [0, 0.1) is 5.92 Å². The molecule has 2 rings (SSSR count). The number of benzene rings is 1. The summed E-state index contributed by atoms with van der Waals surface area (Å²) in [6.07, 6.45) is 4.66. The summed E-state index contributed by atoms with van der Waals surface area (Å²) in [4.78, 5) is 12.5. The van der Waals surface area contributed by atoms with Crippen LogP contribution in [0.5, 0.6) is 0 Å². The van der Waals surface area contributed by atoms with Gasteiger partial charge in [0.1, 0.15) is 0 Å². The zero-order valence-corrected chi connectivity index (χ0v) is 12.5. The molecule has 0 fully saturated rings. The third kappa shape index (κ3) is 3.22. The Morgan fingerprint density at radius 1 is 1.45 bits per heavy atom. The maximum absolute atomic E-state index is 12.5. The summed E-state index contributed by atoms with van der Waals surface area (Å²) >= 11 is 5.99. The van der Waals surface area contributed by atoms with Crippen molar-refractivity contribution in [3.05, 3.63) is 47.0 Å². The molecule has 20 heavy (non-hydrogen) atoms. The molecule has 1 aliphatic rings. The maximum atomic E-state index is 12.5. The van der Waals surface area contributed by atoms with E-state index < -0.39 is 5.41 Å². The van der Waals surface area contributed by atoms with Crippen LogP contribution in [0.1, 0.15) is 25.8 Å². The molecule has 1 aliphatic carbocycles. The van der Waals surface area contributed by atoms with Gasteiger partial charge in [0.25, 0.3) is 0 Å². The molecule has 0 radical (unpaired) electrons. The van der Waals surface area contributed by atoms with Crippen molar-refractivity contribution in [3.8, 4) is 0 Å². The molecule has 0 saturated heterocycles. The first-order chi connectivity index (χ1) is 9.43. The van der Waals surface area contributed by atoms with Gasteiger partial charge in [0.15, 0.2) is 0 Å². The van der Waals surface area contributed by atoms with Crippen molar-refractivity contribution in [1.29, 1.82) is 0 Å². The van der Waals surface area contributed by atoms with Crippen molar-refractivity contribution in [2.45, 2.75) is 31.7 Å². The molecule has 4 heteroatoms. The van der Waals surface area contributed by atoms with Gasteiger partial charge in [-0.3, -0.25) is 4.79 Å². The van der Waals surface area contributed by atoms with Gasteiger partial charge in [-0.2, -0.15) is 0 Å². The lowest BCUT2D eigenvalue weighted by atomic mass is 9.83. The van der Waals surface area contributed by atoms with Gasteiger partial charge in [0, 0.05) is 23.6 Å². The lowest BCUT2D eigenvalue weighted by Gasteiger charge is -2.26. The minimum absolute atomic E-state index is 0.00175. The Morgan fingerprint density at radius 2 is 2.20 bits per heavy atom. The number of amides is 1. The molecule has 1 aromatic rings. The van der Waals surface area contributed by atoms with Gasteiger partial charge in [0.2, 0.25) is 5.91 Å². The van der Waals surface area contributed by atoms with Crippen LogP contribution in [-0.4, -0.2) is 23.7 Å². The molecule has 0 unspecified atom stereocenters. The molecule has 0 spiro atoms. The first-order valence-electron chi connectivity index (χ1n) is 6.79. The van der Waals surface area contributed by atoms with Gasteiger partial charge in [-0.15, -0.1) is 0 Å². The number of hydrogen-bond acceptors (Lipinski definition) is 2. The quantitative estimate of drug-likeness (QED) is 0.839. The van der Waals surface area contributed by atoms with E-state index >= 15 is 0 Å². The highest BCUT2D eigenvalue weighted by Crippen LogP contribution is 2.27. The summed E-state index contributed by atoms with van der Waals surface area (Å²) in [5.74, 6) is 0.114. The van der Waals surface area contributed by atoms with Gasteiger partial charge in [0.05, 0.1) is 5.41 Å². The fourth-order valence-corrected chi connectivity index (χ4v) is 2.56. The van der Waals surface area contributed by atoms with Crippen molar-refractivity contribution >= 4 is 17.5 Å². The van der Waals surface area contributed by atoms with E-state index in [-0.39, 0.29) is 24.5 Å². The van der Waals surface area contributed by atoms with Crippen molar-refractivity contribution in [1.82, 2.24) is 5.32 Å². The highest BCUT2D eigenvalue weighted by molar-refractivity contribution is 6.30. The summed E-state index contributed by atoms with van der Waals surface area (Å²) in [6.45, 7) is 3.90. The summed E-state index contributed by atoms with van der Waals surface area (Å²) in [7, 11) is 0. The summed E-state index contributed by atoms with van der Waals surface area (Å²) in [5, 5.41) is 12.8. The number of carbonyl (C=O) groups excluding carboxylic acids is 1. The van der Waals surface area contributed by atoms with Gasteiger partial charge in [-0.25, -0.2) is 0 Å². The second-order valence-electron chi connectivity index (χ2n) is 5.78. The molecule has 108 valence electrons. The zero-order valence-electron chi connectivity index (χ0n) is 11.8.